The predicted octanol–water partition coefficient (Wildman–Crippen LogP) is -0.785. The Morgan fingerprint density at radius 2 is 2.11 bits per heavy atom. The van der Waals surface area contributed by atoms with Crippen LogP contribution in [0.2, 0.25) is 0 Å². The Balaban J connectivity index is 2.55. The second kappa shape index (κ2) is 6.18. The fraction of sp³-hybridized carbons (Fsp3) is 0.364. The third kappa shape index (κ3) is 3.31. The number of benzene rings is 1. The SMILES string of the molecule is N[C@@H](CO)C(=O)NCCc1ccc(O)c(F)c1O. The van der Waals surface area contributed by atoms with Crippen molar-refractivity contribution >= 4 is 5.91 Å². The summed E-state index contributed by atoms with van der Waals surface area (Å²) in [5, 5.41) is 29.4. The van der Waals surface area contributed by atoms with E-state index in [0.29, 0.717) is 0 Å². The summed E-state index contributed by atoms with van der Waals surface area (Å²) >= 11 is 0. The Bertz CT molecular complexity index is 439. The van der Waals surface area contributed by atoms with Crippen molar-refractivity contribution in [1.29, 1.82) is 0 Å². The van der Waals surface area contributed by atoms with Crippen LogP contribution < -0.4 is 11.1 Å². The van der Waals surface area contributed by atoms with Crippen molar-refractivity contribution in [3.63, 3.8) is 0 Å². The van der Waals surface area contributed by atoms with Crippen LogP contribution in [-0.4, -0.2) is 40.4 Å². The number of halogens is 1. The molecular formula is C11H15FN2O4. The normalized spacial score (nSPS) is 12.2. The van der Waals surface area contributed by atoms with Crippen molar-refractivity contribution in [2.24, 2.45) is 5.73 Å². The minimum Gasteiger partial charge on any atom is -0.505 e. The van der Waals surface area contributed by atoms with Crippen molar-refractivity contribution in [1.82, 2.24) is 5.32 Å². The van der Waals surface area contributed by atoms with Crippen LogP contribution in [0.25, 0.3) is 0 Å². The van der Waals surface area contributed by atoms with Crippen LogP contribution in [-0.2, 0) is 11.2 Å². The van der Waals surface area contributed by atoms with Crippen LogP contribution in [0, 0.1) is 5.82 Å². The number of aliphatic hydroxyl groups is 1. The maximum absolute atomic E-state index is 13.1. The smallest absolute Gasteiger partial charge is 0.239 e. The summed E-state index contributed by atoms with van der Waals surface area (Å²) in [4.78, 5) is 11.2. The van der Waals surface area contributed by atoms with Crippen molar-refractivity contribution in [2.75, 3.05) is 13.2 Å². The molecule has 6 nitrogen and oxygen atoms in total. The fourth-order valence-electron chi connectivity index (χ4n) is 1.33. The Morgan fingerprint density at radius 3 is 2.72 bits per heavy atom. The molecule has 1 atom stereocenters. The van der Waals surface area contributed by atoms with Gasteiger partial charge in [-0.2, -0.15) is 4.39 Å². The second-order valence-electron chi connectivity index (χ2n) is 3.74. The third-order valence-corrected chi connectivity index (χ3v) is 2.41. The summed E-state index contributed by atoms with van der Waals surface area (Å²) in [6.07, 6.45) is 0.174. The highest BCUT2D eigenvalue weighted by Crippen LogP contribution is 2.28. The lowest BCUT2D eigenvalue weighted by Crippen LogP contribution is -2.43. The lowest BCUT2D eigenvalue weighted by molar-refractivity contribution is -0.123. The average Bonchev–Trinajstić information content (AvgIpc) is 2.37. The summed E-state index contributed by atoms with van der Waals surface area (Å²) in [7, 11) is 0. The lowest BCUT2D eigenvalue weighted by Gasteiger charge is -2.10. The number of phenols is 2. The van der Waals surface area contributed by atoms with E-state index in [9.17, 15) is 14.3 Å². The zero-order valence-corrected chi connectivity index (χ0v) is 9.56. The zero-order valence-electron chi connectivity index (χ0n) is 9.56. The summed E-state index contributed by atoms with van der Waals surface area (Å²) in [6.45, 7) is -0.338. The lowest BCUT2D eigenvalue weighted by atomic mass is 10.1. The van der Waals surface area contributed by atoms with Crippen molar-refractivity contribution in [3.8, 4) is 11.5 Å². The number of carbonyl (C=O) groups excluding carboxylic acids is 1. The number of hydrogen-bond acceptors (Lipinski definition) is 5. The molecule has 1 amide bonds. The summed E-state index contributed by atoms with van der Waals surface area (Å²) in [5.41, 5.74) is 5.52. The fourth-order valence-corrected chi connectivity index (χ4v) is 1.33. The molecule has 18 heavy (non-hydrogen) atoms. The molecule has 0 fully saturated rings. The van der Waals surface area contributed by atoms with E-state index in [-0.39, 0.29) is 18.5 Å². The maximum atomic E-state index is 13.1. The van der Waals surface area contributed by atoms with Gasteiger partial charge in [0.25, 0.3) is 0 Å². The Morgan fingerprint density at radius 1 is 1.44 bits per heavy atom. The van der Waals surface area contributed by atoms with E-state index in [1.54, 1.807) is 0 Å². The van der Waals surface area contributed by atoms with Crippen LogP contribution in [0.3, 0.4) is 0 Å². The number of rotatable bonds is 5. The molecule has 100 valence electrons. The number of aliphatic hydroxyl groups excluding tert-OH is 1. The summed E-state index contributed by atoms with van der Waals surface area (Å²) in [5.74, 6) is -2.90. The number of hydrogen-bond donors (Lipinski definition) is 5. The highest BCUT2D eigenvalue weighted by molar-refractivity contribution is 5.81. The van der Waals surface area contributed by atoms with Gasteiger partial charge in [0.15, 0.2) is 11.5 Å². The van der Waals surface area contributed by atoms with E-state index in [4.69, 9.17) is 15.9 Å². The van der Waals surface area contributed by atoms with E-state index in [2.05, 4.69) is 5.32 Å². The molecule has 0 aromatic heterocycles. The van der Waals surface area contributed by atoms with Gasteiger partial charge in [0, 0.05) is 6.54 Å². The Labute approximate surface area is 103 Å². The molecule has 0 unspecified atom stereocenters. The first kappa shape index (κ1) is 14.2. The molecule has 0 aliphatic rings. The van der Waals surface area contributed by atoms with Crippen LogP contribution >= 0.6 is 0 Å². The second-order valence-corrected chi connectivity index (χ2v) is 3.74. The average molecular weight is 258 g/mol. The molecule has 0 saturated heterocycles. The van der Waals surface area contributed by atoms with Gasteiger partial charge >= 0.3 is 0 Å². The molecule has 1 rings (SSSR count). The molecule has 0 radical (unpaired) electrons. The first-order valence-corrected chi connectivity index (χ1v) is 5.30. The molecule has 7 heteroatoms. The molecule has 0 saturated carbocycles. The van der Waals surface area contributed by atoms with E-state index >= 15 is 0 Å². The monoisotopic (exact) mass is 258 g/mol. The van der Waals surface area contributed by atoms with Gasteiger partial charge in [-0.05, 0) is 18.1 Å². The van der Waals surface area contributed by atoms with Gasteiger partial charge in [-0.3, -0.25) is 4.79 Å². The van der Waals surface area contributed by atoms with Crippen LogP contribution in [0.4, 0.5) is 4.39 Å². The van der Waals surface area contributed by atoms with Gasteiger partial charge in [0.1, 0.15) is 6.04 Å². The largest absolute Gasteiger partial charge is 0.505 e. The van der Waals surface area contributed by atoms with Gasteiger partial charge < -0.3 is 26.4 Å². The van der Waals surface area contributed by atoms with Gasteiger partial charge in [-0.15, -0.1) is 0 Å². The minimum atomic E-state index is -1.09. The van der Waals surface area contributed by atoms with E-state index in [1.807, 2.05) is 0 Å². The highest BCUT2D eigenvalue weighted by Gasteiger charge is 2.13. The highest BCUT2D eigenvalue weighted by atomic mass is 19.1. The molecule has 0 aliphatic carbocycles. The van der Waals surface area contributed by atoms with E-state index in [1.165, 1.54) is 6.07 Å². The van der Waals surface area contributed by atoms with Crippen molar-refractivity contribution in [3.05, 3.63) is 23.5 Å². The standard InChI is InChI=1S/C11H15FN2O4/c12-9-8(16)2-1-6(10(9)17)3-4-14-11(18)7(13)5-15/h1-2,7,15-17H,3-5,13H2,(H,14,18)/t7-/m0/s1. The molecular weight excluding hydrogens is 243 g/mol. The van der Waals surface area contributed by atoms with Gasteiger partial charge in [0.05, 0.1) is 6.61 Å². The van der Waals surface area contributed by atoms with Gasteiger partial charge in [-0.1, -0.05) is 6.07 Å². The zero-order chi connectivity index (χ0) is 13.7. The predicted molar refractivity (Wildman–Crippen MR) is 61.5 cm³/mol. The molecule has 0 bridgehead atoms. The number of aromatic hydroxyl groups is 2. The summed E-state index contributed by atoms with van der Waals surface area (Å²) in [6, 6.07) is 1.47. The first-order valence-electron chi connectivity index (χ1n) is 5.30. The molecule has 1 aromatic rings. The molecule has 0 heterocycles. The quantitative estimate of drug-likeness (QED) is 0.475. The number of amides is 1. The minimum absolute atomic E-state index is 0.129. The molecule has 0 aliphatic heterocycles. The number of carbonyl (C=O) groups is 1. The molecule has 6 N–H and O–H groups in total. The van der Waals surface area contributed by atoms with Crippen molar-refractivity contribution in [2.45, 2.75) is 12.5 Å². The Kier molecular flexibility index (Phi) is 4.87. The van der Waals surface area contributed by atoms with E-state index in [0.717, 1.165) is 6.07 Å². The third-order valence-electron chi connectivity index (χ3n) is 2.41. The van der Waals surface area contributed by atoms with Crippen molar-refractivity contribution < 1.29 is 24.5 Å². The van der Waals surface area contributed by atoms with Crippen LogP contribution in [0.15, 0.2) is 12.1 Å². The Hall–Kier alpha value is -1.86. The number of nitrogens with two attached hydrogens (primary N) is 1. The summed E-state index contributed by atoms with van der Waals surface area (Å²) < 4.78 is 13.1. The maximum Gasteiger partial charge on any atom is 0.239 e. The topological polar surface area (TPSA) is 116 Å². The van der Waals surface area contributed by atoms with Crippen LogP contribution in [0.5, 0.6) is 11.5 Å². The van der Waals surface area contributed by atoms with Crippen LogP contribution in [0.1, 0.15) is 5.56 Å². The molecule has 1 aromatic carbocycles. The number of nitrogens with one attached hydrogen (secondary N) is 1. The van der Waals surface area contributed by atoms with E-state index < -0.39 is 35.9 Å². The first-order chi connectivity index (χ1) is 8.47. The number of phenolic OH excluding ortho intramolecular Hbond substituents is 2. The molecule has 0 spiro atoms. The van der Waals surface area contributed by atoms with Gasteiger partial charge in [0.2, 0.25) is 11.7 Å². The van der Waals surface area contributed by atoms with Gasteiger partial charge in [-0.25, -0.2) is 0 Å².